The van der Waals surface area contributed by atoms with Crippen LogP contribution in [0.3, 0.4) is 0 Å². The van der Waals surface area contributed by atoms with Crippen molar-refractivity contribution in [3.63, 3.8) is 0 Å². The molecule has 0 aliphatic heterocycles. The Kier molecular flexibility index (Phi) is 5.87. The van der Waals surface area contributed by atoms with E-state index in [-0.39, 0.29) is 4.90 Å². The van der Waals surface area contributed by atoms with E-state index in [1.165, 1.54) is 0 Å². The first-order chi connectivity index (χ1) is 13.3. The van der Waals surface area contributed by atoms with Crippen molar-refractivity contribution in [3.05, 3.63) is 94.5 Å². The van der Waals surface area contributed by atoms with E-state index in [0.717, 1.165) is 22.3 Å². The standard InChI is InChI=1S/C23H25NO3S/c1-16-10-12-20(13-11-16)23(19-8-6-5-7-9-19)24-28(25,26)22-15-14-21(27-4)17(2)18(22)3/h5-15,23-24H,1-4H3. The van der Waals surface area contributed by atoms with Gasteiger partial charge in [0.05, 0.1) is 18.0 Å². The van der Waals surface area contributed by atoms with Crippen LogP contribution in [0.25, 0.3) is 0 Å². The summed E-state index contributed by atoms with van der Waals surface area (Å²) < 4.78 is 34.8. The van der Waals surface area contributed by atoms with E-state index in [2.05, 4.69) is 4.72 Å². The molecule has 0 aliphatic carbocycles. The van der Waals surface area contributed by atoms with Crippen LogP contribution in [0.1, 0.15) is 33.9 Å². The number of methoxy groups -OCH3 is 1. The molecule has 0 spiro atoms. The minimum atomic E-state index is -3.75. The van der Waals surface area contributed by atoms with E-state index >= 15 is 0 Å². The van der Waals surface area contributed by atoms with Gasteiger partial charge in [0, 0.05) is 0 Å². The first-order valence-electron chi connectivity index (χ1n) is 9.11. The lowest BCUT2D eigenvalue weighted by Crippen LogP contribution is -2.30. The molecule has 4 nitrogen and oxygen atoms in total. The Balaban J connectivity index is 2.05. The average molecular weight is 396 g/mol. The fourth-order valence-corrected chi connectivity index (χ4v) is 4.75. The Bertz CT molecular complexity index is 1060. The van der Waals surface area contributed by atoms with Crippen LogP contribution in [-0.2, 0) is 10.0 Å². The Labute approximate surface area is 167 Å². The second-order valence-electron chi connectivity index (χ2n) is 6.89. The minimum Gasteiger partial charge on any atom is -0.496 e. The smallest absolute Gasteiger partial charge is 0.241 e. The maximum absolute atomic E-state index is 13.3. The summed E-state index contributed by atoms with van der Waals surface area (Å²) in [5, 5.41) is 0. The largest absolute Gasteiger partial charge is 0.496 e. The van der Waals surface area contributed by atoms with Crippen molar-refractivity contribution in [1.82, 2.24) is 4.72 Å². The molecule has 3 aromatic carbocycles. The number of aryl methyl sites for hydroxylation is 1. The molecule has 0 bridgehead atoms. The number of hydrogen-bond donors (Lipinski definition) is 1. The first-order valence-corrected chi connectivity index (χ1v) is 10.6. The van der Waals surface area contributed by atoms with E-state index < -0.39 is 16.1 Å². The molecule has 146 valence electrons. The van der Waals surface area contributed by atoms with Gasteiger partial charge in [-0.25, -0.2) is 8.42 Å². The molecule has 0 aromatic heterocycles. The number of rotatable bonds is 6. The molecule has 5 heteroatoms. The molecule has 0 heterocycles. The van der Waals surface area contributed by atoms with Crippen molar-refractivity contribution in [2.45, 2.75) is 31.7 Å². The highest BCUT2D eigenvalue weighted by atomic mass is 32.2. The third-order valence-corrected chi connectivity index (χ3v) is 6.58. The number of sulfonamides is 1. The quantitative estimate of drug-likeness (QED) is 0.659. The topological polar surface area (TPSA) is 55.4 Å². The normalized spacial score (nSPS) is 12.6. The fraction of sp³-hybridized carbons (Fsp3) is 0.217. The van der Waals surface area contributed by atoms with Crippen molar-refractivity contribution < 1.29 is 13.2 Å². The van der Waals surface area contributed by atoms with Crippen LogP contribution in [0.4, 0.5) is 0 Å². The predicted molar refractivity (Wildman–Crippen MR) is 112 cm³/mol. The van der Waals surface area contributed by atoms with Gasteiger partial charge in [0.1, 0.15) is 5.75 Å². The SMILES string of the molecule is COc1ccc(S(=O)(=O)NC(c2ccccc2)c2ccc(C)cc2)c(C)c1C. The van der Waals surface area contributed by atoms with Gasteiger partial charge in [-0.1, -0.05) is 60.2 Å². The zero-order chi connectivity index (χ0) is 20.3. The van der Waals surface area contributed by atoms with Crippen molar-refractivity contribution in [2.24, 2.45) is 0 Å². The van der Waals surface area contributed by atoms with Crippen LogP contribution in [0.5, 0.6) is 5.75 Å². The second kappa shape index (κ2) is 8.17. The van der Waals surface area contributed by atoms with E-state index in [0.29, 0.717) is 11.3 Å². The molecule has 0 aliphatic rings. The van der Waals surface area contributed by atoms with Crippen LogP contribution in [0.15, 0.2) is 71.6 Å². The molecule has 0 amide bonds. The fourth-order valence-electron chi connectivity index (χ4n) is 3.23. The molecule has 3 rings (SSSR count). The van der Waals surface area contributed by atoms with Crippen LogP contribution in [-0.4, -0.2) is 15.5 Å². The van der Waals surface area contributed by atoms with Gasteiger partial charge in [0.2, 0.25) is 10.0 Å². The first kappa shape index (κ1) is 20.1. The van der Waals surface area contributed by atoms with Crippen LogP contribution in [0, 0.1) is 20.8 Å². The predicted octanol–water partition coefficient (Wildman–Crippen LogP) is 4.69. The van der Waals surface area contributed by atoms with Gasteiger partial charge in [-0.3, -0.25) is 0 Å². The molecule has 28 heavy (non-hydrogen) atoms. The number of hydrogen-bond acceptors (Lipinski definition) is 3. The van der Waals surface area contributed by atoms with Crippen LogP contribution < -0.4 is 9.46 Å². The molecule has 0 fully saturated rings. The maximum Gasteiger partial charge on any atom is 0.241 e. The summed E-state index contributed by atoms with van der Waals surface area (Å²) in [4.78, 5) is 0.263. The monoisotopic (exact) mass is 395 g/mol. The third-order valence-electron chi connectivity index (χ3n) is 5.01. The molecule has 0 saturated carbocycles. The molecular weight excluding hydrogens is 370 g/mol. The highest BCUT2D eigenvalue weighted by Gasteiger charge is 2.25. The minimum absolute atomic E-state index is 0.263. The van der Waals surface area contributed by atoms with Crippen molar-refractivity contribution in [2.75, 3.05) is 7.11 Å². The average Bonchev–Trinajstić information content (AvgIpc) is 2.69. The second-order valence-corrected chi connectivity index (χ2v) is 8.57. The highest BCUT2D eigenvalue weighted by molar-refractivity contribution is 7.89. The summed E-state index contributed by atoms with van der Waals surface area (Å²) >= 11 is 0. The summed E-state index contributed by atoms with van der Waals surface area (Å²) in [6, 6.07) is 20.3. The summed E-state index contributed by atoms with van der Waals surface area (Å²) in [7, 11) is -2.17. The van der Waals surface area contributed by atoms with E-state index in [1.54, 1.807) is 26.2 Å². The Morgan fingerprint density at radius 1 is 0.786 bits per heavy atom. The summed E-state index contributed by atoms with van der Waals surface area (Å²) in [6.07, 6.45) is 0. The zero-order valence-electron chi connectivity index (χ0n) is 16.6. The summed E-state index contributed by atoms with van der Waals surface area (Å²) in [6.45, 7) is 5.67. The van der Waals surface area contributed by atoms with E-state index in [1.807, 2.05) is 68.4 Å². The van der Waals surface area contributed by atoms with Gasteiger partial charge < -0.3 is 4.74 Å². The van der Waals surface area contributed by atoms with Crippen molar-refractivity contribution in [3.8, 4) is 5.75 Å². The van der Waals surface area contributed by atoms with Gasteiger partial charge in [0.25, 0.3) is 0 Å². The van der Waals surface area contributed by atoms with Gasteiger partial charge in [0.15, 0.2) is 0 Å². The lowest BCUT2D eigenvalue weighted by Gasteiger charge is -2.21. The number of ether oxygens (including phenoxy) is 1. The molecule has 3 aromatic rings. The molecule has 1 N–H and O–H groups in total. The molecule has 1 atom stereocenters. The van der Waals surface area contributed by atoms with Gasteiger partial charge in [-0.05, 0) is 55.2 Å². The lowest BCUT2D eigenvalue weighted by molar-refractivity contribution is 0.410. The summed E-state index contributed by atoms with van der Waals surface area (Å²) in [5.41, 5.74) is 4.40. The Morgan fingerprint density at radius 3 is 2.00 bits per heavy atom. The van der Waals surface area contributed by atoms with E-state index in [9.17, 15) is 8.42 Å². The molecule has 0 radical (unpaired) electrons. The molecule has 0 saturated heterocycles. The van der Waals surface area contributed by atoms with Crippen LogP contribution in [0.2, 0.25) is 0 Å². The maximum atomic E-state index is 13.3. The molecule has 1 unspecified atom stereocenters. The van der Waals surface area contributed by atoms with Gasteiger partial charge in [-0.2, -0.15) is 4.72 Å². The number of benzene rings is 3. The van der Waals surface area contributed by atoms with Crippen LogP contribution >= 0.6 is 0 Å². The zero-order valence-corrected chi connectivity index (χ0v) is 17.4. The molecular formula is C23H25NO3S. The van der Waals surface area contributed by atoms with E-state index in [4.69, 9.17) is 4.74 Å². The summed E-state index contributed by atoms with van der Waals surface area (Å²) in [5.74, 6) is 0.676. The highest BCUT2D eigenvalue weighted by Crippen LogP contribution is 2.29. The van der Waals surface area contributed by atoms with Gasteiger partial charge in [-0.15, -0.1) is 0 Å². The Hall–Kier alpha value is -2.63. The van der Waals surface area contributed by atoms with Crippen molar-refractivity contribution >= 4 is 10.0 Å². The van der Waals surface area contributed by atoms with Crippen molar-refractivity contribution in [1.29, 1.82) is 0 Å². The van der Waals surface area contributed by atoms with Gasteiger partial charge >= 0.3 is 0 Å². The third kappa shape index (κ3) is 4.11. The Morgan fingerprint density at radius 2 is 1.39 bits per heavy atom. The lowest BCUT2D eigenvalue weighted by atomic mass is 9.99. The number of nitrogens with one attached hydrogen (secondary N) is 1.